The van der Waals surface area contributed by atoms with Crippen LogP contribution >= 0.6 is 0 Å². The largest absolute Gasteiger partial charge is 0.446 e. The van der Waals surface area contributed by atoms with Gasteiger partial charge in [0.15, 0.2) is 15.7 Å². The SMILES string of the molecule is CNCCc1cnc(CC2CCS(=O)(=O)C2)o1. The lowest BCUT2D eigenvalue weighted by Gasteiger charge is -2.02. The van der Waals surface area contributed by atoms with Crippen LogP contribution in [0, 0.1) is 5.92 Å². The topological polar surface area (TPSA) is 72.2 Å². The van der Waals surface area contributed by atoms with Crippen LogP contribution in [0.15, 0.2) is 10.6 Å². The average molecular weight is 258 g/mol. The highest BCUT2D eigenvalue weighted by Crippen LogP contribution is 2.22. The third-order valence-corrected chi connectivity index (χ3v) is 4.85. The van der Waals surface area contributed by atoms with Crippen molar-refractivity contribution in [1.82, 2.24) is 10.3 Å². The number of nitrogens with one attached hydrogen (secondary N) is 1. The summed E-state index contributed by atoms with van der Waals surface area (Å²) in [5.74, 6) is 2.29. The number of aromatic nitrogens is 1. The van der Waals surface area contributed by atoms with Crippen LogP contribution in [0.3, 0.4) is 0 Å². The monoisotopic (exact) mass is 258 g/mol. The number of hydrogen-bond acceptors (Lipinski definition) is 5. The summed E-state index contributed by atoms with van der Waals surface area (Å²) in [6.07, 6.45) is 3.91. The van der Waals surface area contributed by atoms with Gasteiger partial charge in [-0.2, -0.15) is 0 Å². The lowest BCUT2D eigenvalue weighted by molar-refractivity contribution is 0.419. The molecule has 0 aromatic carbocycles. The van der Waals surface area contributed by atoms with Crippen molar-refractivity contribution >= 4 is 9.84 Å². The third-order valence-electron chi connectivity index (χ3n) is 3.01. The second kappa shape index (κ2) is 5.18. The number of likely N-dealkylation sites (N-methyl/N-ethyl adjacent to an activating group) is 1. The first kappa shape index (κ1) is 12.6. The minimum atomic E-state index is -2.80. The Morgan fingerprint density at radius 2 is 2.41 bits per heavy atom. The predicted octanol–water partition coefficient (Wildman–Crippen LogP) is 0.414. The molecule has 17 heavy (non-hydrogen) atoms. The fourth-order valence-corrected chi connectivity index (χ4v) is 3.95. The van der Waals surface area contributed by atoms with Crippen LogP contribution in [-0.2, 0) is 22.7 Å². The molecule has 5 nitrogen and oxygen atoms in total. The molecule has 0 bridgehead atoms. The highest BCUT2D eigenvalue weighted by Gasteiger charge is 2.28. The molecule has 0 saturated carbocycles. The highest BCUT2D eigenvalue weighted by atomic mass is 32.2. The lowest BCUT2D eigenvalue weighted by Crippen LogP contribution is -2.09. The molecule has 1 aromatic heterocycles. The number of oxazole rings is 1. The standard InChI is InChI=1S/C11H18N2O3S/c1-12-4-2-10-7-13-11(16-10)6-9-3-5-17(14,15)8-9/h7,9,12H,2-6,8H2,1H3. The van der Waals surface area contributed by atoms with E-state index < -0.39 is 9.84 Å². The summed E-state index contributed by atoms with van der Waals surface area (Å²) in [7, 11) is -0.913. The second-order valence-electron chi connectivity index (χ2n) is 4.55. The predicted molar refractivity (Wildman–Crippen MR) is 64.6 cm³/mol. The van der Waals surface area contributed by atoms with E-state index in [4.69, 9.17) is 4.42 Å². The van der Waals surface area contributed by atoms with Gasteiger partial charge in [0.25, 0.3) is 0 Å². The number of sulfone groups is 1. The van der Waals surface area contributed by atoms with E-state index >= 15 is 0 Å². The molecule has 2 heterocycles. The zero-order chi connectivity index (χ0) is 12.3. The highest BCUT2D eigenvalue weighted by molar-refractivity contribution is 7.91. The van der Waals surface area contributed by atoms with Crippen molar-refractivity contribution in [2.45, 2.75) is 19.3 Å². The Bertz CT molecular complexity index is 467. The Morgan fingerprint density at radius 3 is 3.06 bits per heavy atom. The number of rotatable bonds is 5. The van der Waals surface area contributed by atoms with Gasteiger partial charge in [0, 0.05) is 19.4 Å². The van der Waals surface area contributed by atoms with Gasteiger partial charge < -0.3 is 9.73 Å². The molecule has 0 aliphatic carbocycles. The molecule has 1 fully saturated rings. The third kappa shape index (κ3) is 3.54. The molecule has 96 valence electrons. The summed E-state index contributed by atoms with van der Waals surface area (Å²) in [5.41, 5.74) is 0. The molecular formula is C11H18N2O3S. The first-order valence-corrected chi connectivity index (χ1v) is 7.70. The first-order chi connectivity index (χ1) is 8.09. The molecule has 0 radical (unpaired) electrons. The average Bonchev–Trinajstić information content (AvgIpc) is 2.83. The van der Waals surface area contributed by atoms with E-state index in [2.05, 4.69) is 10.3 Å². The minimum Gasteiger partial charge on any atom is -0.446 e. The number of hydrogen-bond donors (Lipinski definition) is 1. The Kier molecular flexibility index (Phi) is 3.83. The smallest absolute Gasteiger partial charge is 0.194 e. The maximum absolute atomic E-state index is 11.3. The van der Waals surface area contributed by atoms with Crippen LogP contribution in [0.25, 0.3) is 0 Å². The molecule has 6 heteroatoms. The van der Waals surface area contributed by atoms with Crippen LogP contribution in [0.1, 0.15) is 18.1 Å². The minimum absolute atomic E-state index is 0.177. The van der Waals surface area contributed by atoms with Crippen LogP contribution in [-0.4, -0.2) is 38.5 Å². The van der Waals surface area contributed by atoms with Crippen molar-refractivity contribution in [3.05, 3.63) is 17.8 Å². The van der Waals surface area contributed by atoms with Crippen molar-refractivity contribution < 1.29 is 12.8 Å². The summed E-state index contributed by atoms with van der Waals surface area (Å²) in [5, 5.41) is 3.04. The molecule has 1 unspecified atom stereocenters. The van der Waals surface area contributed by atoms with Gasteiger partial charge in [-0.15, -0.1) is 0 Å². The summed E-state index contributed by atoms with van der Waals surface area (Å²) in [4.78, 5) is 4.19. The summed E-state index contributed by atoms with van der Waals surface area (Å²) in [6, 6.07) is 0. The molecule has 1 aliphatic rings. The van der Waals surface area contributed by atoms with E-state index in [9.17, 15) is 8.42 Å². The maximum Gasteiger partial charge on any atom is 0.194 e. The van der Waals surface area contributed by atoms with E-state index in [0.717, 1.165) is 25.1 Å². The lowest BCUT2D eigenvalue weighted by atomic mass is 10.1. The maximum atomic E-state index is 11.3. The van der Waals surface area contributed by atoms with Crippen LogP contribution in [0.2, 0.25) is 0 Å². The van der Waals surface area contributed by atoms with Crippen LogP contribution in [0.5, 0.6) is 0 Å². The van der Waals surface area contributed by atoms with Gasteiger partial charge in [-0.3, -0.25) is 0 Å². The quantitative estimate of drug-likeness (QED) is 0.828. The molecule has 1 atom stereocenters. The van der Waals surface area contributed by atoms with Gasteiger partial charge in [0.2, 0.25) is 0 Å². The van der Waals surface area contributed by atoms with E-state index in [0.29, 0.717) is 18.1 Å². The first-order valence-electron chi connectivity index (χ1n) is 5.87. The summed E-state index contributed by atoms with van der Waals surface area (Å²) >= 11 is 0. The Balaban J connectivity index is 1.89. The molecular weight excluding hydrogens is 240 g/mol. The molecule has 1 aliphatic heterocycles. The summed E-state index contributed by atoms with van der Waals surface area (Å²) in [6.45, 7) is 0.854. The van der Waals surface area contributed by atoms with Crippen LogP contribution < -0.4 is 5.32 Å². The Labute approximate surface area is 102 Å². The normalized spacial score (nSPS) is 23.0. The second-order valence-corrected chi connectivity index (χ2v) is 6.78. The molecule has 0 spiro atoms. The van der Waals surface area contributed by atoms with E-state index in [1.54, 1.807) is 6.20 Å². The van der Waals surface area contributed by atoms with Crippen molar-refractivity contribution in [2.75, 3.05) is 25.1 Å². The number of nitrogens with zero attached hydrogens (tertiary/aromatic N) is 1. The van der Waals surface area contributed by atoms with E-state index in [1.807, 2.05) is 7.05 Å². The van der Waals surface area contributed by atoms with Crippen molar-refractivity contribution in [2.24, 2.45) is 5.92 Å². The molecule has 1 saturated heterocycles. The van der Waals surface area contributed by atoms with Gasteiger partial charge in [-0.05, 0) is 19.4 Å². The van der Waals surface area contributed by atoms with Crippen molar-refractivity contribution in [3.8, 4) is 0 Å². The van der Waals surface area contributed by atoms with Crippen molar-refractivity contribution in [1.29, 1.82) is 0 Å². The fraction of sp³-hybridized carbons (Fsp3) is 0.727. The molecule has 0 amide bonds. The van der Waals surface area contributed by atoms with Gasteiger partial charge in [-0.1, -0.05) is 0 Å². The van der Waals surface area contributed by atoms with E-state index in [-0.39, 0.29) is 11.7 Å². The van der Waals surface area contributed by atoms with Crippen molar-refractivity contribution in [3.63, 3.8) is 0 Å². The van der Waals surface area contributed by atoms with Gasteiger partial charge in [0.1, 0.15) is 5.76 Å². The Morgan fingerprint density at radius 1 is 1.59 bits per heavy atom. The molecule has 2 rings (SSSR count). The molecule has 1 aromatic rings. The summed E-state index contributed by atoms with van der Waals surface area (Å²) < 4.78 is 28.2. The fourth-order valence-electron chi connectivity index (χ4n) is 2.09. The van der Waals surface area contributed by atoms with Gasteiger partial charge in [-0.25, -0.2) is 13.4 Å². The van der Waals surface area contributed by atoms with Crippen LogP contribution in [0.4, 0.5) is 0 Å². The van der Waals surface area contributed by atoms with E-state index in [1.165, 1.54) is 0 Å². The zero-order valence-corrected chi connectivity index (χ0v) is 10.8. The molecule has 1 N–H and O–H groups in total. The van der Waals surface area contributed by atoms with Gasteiger partial charge in [0.05, 0.1) is 17.7 Å². The zero-order valence-electron chi connectivity index (χ0n) is 9.98. The van der Waals surface area contributed by atoms with Gasteiger partial charge >= 0.3 is 0 Å². The Hall–Kier alpha value is -0.880.